The molecular weight excluding hydrogens is 348 g/mol. The third-order valence-corrected chi connectivity index (χ3v) is 4.92. The fourth-order valence-corrected chi connectivity index (χ4v) is 3.34. The van der Waals surface area contributed by atoms with Crippen LogP contribution >= 0.6 is 0 Å². The Morgan fingerprint density at radius 2 is 1.61 bits per heavy atom. The van der Waals surface area contributed by atoms with Gasteiger partial charge in [-0.1, -0.05) is 42.5 Å². The molecule has 0 amide bonds. The molecule has 1 saturated heterocycles. The number of anilines is 1. The van der Waals surface area contributed by atoms with Crippen LogP contribution in [0.15, 0.2) is 77.8 Å². The Hall–Kier alpha value is -3.11. The Morgan fingerprint density at radius 1 is 0.893 bits per heavy atom. The van der Waals surface area contributed by atoms with Gasteiger partial charge in [0.2, 0.25) is 0 Å². The van der Waals surface area contributed by atoms with Gasteiger partial charge in [0.1, 0.15) is 5.75 Å². The molecule has 4 heteroatoms. The van der Waals surface area contributed by atoms with Crippen molar-refractivity contribution in [2.75, 3.05) is 38.3 Å². The van der Waals surface area contributed by atoms with Gasteiger partial charge in [0.15, 0.2) is 0 Å². The lowest BCUT2D eigenvalue weighted by Gasteiger charge is -2.29. The minimum atomic E-state index is 0.768. The molecule has 0 unspecified atom stereocenters. The molecule has 0 N–H and O–H groups in total. The van der Waals surface area contributed by atoms with Crippen molar-refractivity contribution in [3.63, 3.8) is 0 Å². The van der Waals surface area contributed by atoms with Gasteiger partial charge in [-0.05, 0) is 35.4 Å². The predicted molar refractivity (Wildman–Crippen MR) is 115 cm³/mol. The fraction of sp³-hybridized carbons (Fsp3) is 0.208. The summed E-state index contributed by atoms with van der Waals surface area (Å²) in [5.74, 6) is 0.827. The van der Waals surface area contributed by atoms with E-state index in [4.69, 9.17) is 9.47 Å². The SMILES string of the molecule is COc1cc(N2CCOCC2)ccc1C=Nc1ccc(-c2ccccc2)cc1. The molecule has 4 nitrogen and oxygen atoms in total. The van der Waals surface area contributed by atoms with E-state index in [2.05, 4.69) is 52.4 Å². The molecule has 0 atom stereocenters. The van der Waals surface area contributed by atoms with Gasteiger partial charge < -0.3 is 14.4 Å². The van der Waals surface area contributed by atoms with E-state index < -0.39 is 0 Å². The summed E-state index contributed by atoms with van der Waals surface area (Å²) < 4.78 is 11.0. The molecule has 1 heterocycles. The molecular formula is C24H24N2O2. The zero-order valence-electron chi connectivity index (χ0n) is 16.0. The third-order valence-electron chi connectivity index (χ3n) is 4.92. The maximum atomic E-state index is 5.59. The van der Waals surface area contributed by atoms with Crippen molar-refractivity contribution in [3.05, 3.63) is 78.4 Å². The first kappa shape index (κ1) is 18.3. The van der Waals surface area contributed by atoms with Crippen LogP contribution < -0.4 is 9.64 Å². The second kappa shape index (κ2) is 8.72. The molecule has 1 aliphatic heterocycles. The van der Waals surface area contributed by atoms with E-state index in [-0.39, 0.29) is 0 Å². The zero-order valence-corrected chi connectivity index (χ0v) is 16.0. The first-order chi connectivity index (χ1) is 13.8. The predicted octanol–water partition coefficient (Wildman–Crippen LogP) is 4.95. The van der Waals surface area contributed by atoms with Crippen LogP contribution in [0.25, 0.3) is 11.1 Å². The average molecular weight is 372 g/mol. The first-order valence-corrected chi connectivity index (χ1v) is 9.54. The summed E-state index contributed by atoms with van der Waals surface area (Å²) in [6, 6.07) is 24.9. The van der Waals surface area contributed by atoms with Crippen LogP contribution in [0.3, 0.4) is 0 Å². The molecule has 3 aromatic carbocycles. The average Bonchev–Trinajstić information content (AvgIpc) is 2.79. The number of rotatable bonds is 5. The van der Waals surface area contributed by atoms with Crippen LogP contribution in [-0.2, 0) is 4.74 Å². The molecule has 1 aliphatic rings. The van der Waals surface area contributed by atoms with E-state index in [1.54, 1.807) is 7.11 Å². The number of methoxy groups -OCH3 is 1. The zero-order chi connectivity index (χ0) is 19.2. The highest BCUT2D eigenvalue weighted by atomic mass is 16.5. The summed E-state index contributed by atoms with van der Waals surface area (Å²) in [6.45, 7) is 3.35. The van der Waals surface area contributed by atoms with E-state index in [1.807, 2.05) is 36.5 Å². The van der Waals surface area contributed by atoms with Crippen LogP contribution in [-0.4, -0.2) is 39.6 Å². The monoisotopic (exact) mass is 372 g/mol. The van der Waals surface area contributed by atoms with E-state index in [1.165, 1.54) is 11.1 Å². The number of ether oxygens (including phenoxy) is 2. The summed E-state index contributed by atoms with van der Waals surface area (Å²) in [4.78, 5) is 6.94. The number of morpholine rings is 1. The van der Waals surface area contributed by atoms with Crippen molar-refractivity contribution in [2.24, 2.45) is 4.99 Å². The summed E-state index contributed by atoms with van der Waals surface area (Å²) in [5.41, 5.74) is 5.43. The molecule has 142 valence electrons. The van der Waals surface area contributed by atoms with Crippen LogP contribution in [0.5, 0.6) is 5.75 Å². The third kappa shape index (κ3) is 4.24. The quantitative estimate of drug-likeness (QED) is 0.594. The topological polar surface area (TPSA) is 34.1 Å². The van der Waals surface area contributed by atoms with Crippen LogP contribution in [0.4, 0.5) is 11.4 Å². The molecule has 0 bridgehead atoms. The Labute approximate surface area is 166 Å². The molecule has 4 rings (SSSR count). The van der Waals surface area contributed by atoms with E-state index in [0.717, 1.165) is 49.0 Å². The van der Waals surface area contributed by atoms with Crippen molar-refractivity contribution in [2.45, 2.75) is 0 Å². The van der Waals surface area contributed by atoms with Gasteiger partial charge in [-0.25, -0.2) is 0 Å². The van der Waals surface area contributed by atoms with Gasteiger partial charge >= 0.3 is 0 Å². The fourth-order valence-electron chi connectivity index (χ4n) is 3.34. The normalized spacial score (nSPS) is 14.4. The van der Waals surface area contributed by atoms with Crippen LogP contribution in [0.1, 0.15) is 5.56 Å². The maximum Gasteiger partial charge on any atom is 0.129 e. The molecule has 1 fully saturated rings. The Balaban J connectivity index is 1.50. The van der Waals surface area contributed by atoms with Crippen LogP contribution in [0.2, 0.25) is 0 Å². The lowest BCUT2D eigenvalue weighted by atomic mass is 10.1. The van der Waals surface area contributed by atoms with E-state index in [0.29, 0.717) is 0 Å². The van der Waals surface area contributed by atoms with Gasteiger partial charge in [0.25, 0.3) is 0 Å². The minimum Gasteiger partial charge on any atom is -0.496 e. The van der Waals surface area contributed by atoms with Gasteiger partial charge in [0, 0.05) is 36.6 Å². The maximum absolute atomic E-state index is 5.59. The number of benzene rings is 3. The number of nitrogens with zero attached hydrogens (tertiary/aromatic N) is 2. The smallest absolute Gasteiger partial charge is 0.129 e. The summed E-state index contributed by atoms with van der Waals surface area (Å²) >= 11 is 0. The lowest BCUT2D eigenvalue weighted by molar-refractivity contribution is 0.122. The summed E-state index contributed by atoms with van der Waals surface area (Å²) in [5, 5.41) is 0. The van der Waals surface area contributed by atoms with Crippen molar-refractivity contribution in [3.8, 4) is 16.9 Å². The molecule has 0 spiro atoms. The van der Waals surface area contributed by atoms with E-state index >= 15 is 0 Å². The molecule has 0 aromatic heterocycles. The second-order valence-corrected chi connectivity index (χ2v) is 6.70. The molecule has 0 saturated carbocycles. The van der Waals surface area contributed by atoms with Crippen molar-refractivity contribution in [1.82, 2.24) is 0 Å². The molecule has 28 heavy (non-hydrogen) atoms. The van der Waals surface area contributed by atoms with Crippen molar-refractivity contribution >= 4 is 17.6 Å². The van der Waals surface area contributed by atoms with Gasteiger partial charge in [-0.2, -0.15) is 0 Å². The summed E-state index contributed by atoms with van der Waals surface area (Å²) in [6.07, 6.45) is 1.86. The number of hydrogen-bond donors (Lipinski definition) is 0. The van der Waals surface area contributed by atoms with Crippen LogP contribution in [0, 0.1) is 0 Å². The van der Waals surface area contributed by atoms with E-state index in [9.17, 15) is 0 Å². The Bertz CT molecular complexity index is 931. The molecule has 3 aromatic rings. The van der Waals surface area contributed by atoms with Gasteiger partial charge in [-0.3, -0.25) is 4.99 Å². The first-order valence-electron chi connectivity index (χ1n) is 9.54. The van der Waals surface area contributed by atoms with Crippen molar-refractivity contribution in [1.29, 1.82) is 0 Å². The highest BCUT2D eigenvalue weighted by molar-refractivity contribution is 5.86. The number of aliphatic imine (C=N–C) groups is 1. The molecule has 0 radical (unpaired) electrons. The number of hydrogen-bond acceptors (Lipinski definition) is 4. The molecule has 0 aliphatic carbocycles. The van der Waals surface area contributed by atoms with Crippen molar-refractivity contribution < 1.29 is 9.47 Å². The van der Waals surface area contributed by atoms with Gasteiger partial charge in [-0.15, -0.1) is 0 Å². The highest BCUT2D eigenvalue weighted by Crippen LogP contribution is 2.27. The largest absolute Gasteiger partial charge is 0.496 e. The second-order valence-electron chi connectivity index (χ2n) is 6.70. The highest BCUT2D eigenvalue weighted by Gasteiger charge is 2.13. The lowest BCUT2D eigenvalue weighted by Crippen LogP contribution is -2.36. The van der Waals surface area contributed by atoms with Gasteiger partial charge in [0.05, 0.1) is 26.0 Å². The summed E-state index contributed by atoms with van der Waals surface area (Å²) in [7, 11) is 1.70. The minimum absolute atomic E-state index is 0.768. The Kier molecular flexibility index (Phi) is 5.69. The standard InChI is InChI=1S/C24H24N2O2/c1-27-24-17-23(26-13-15-28-16-14-26)12-9-21(24)18-25-22-10-7-20(8-11-22)19-5-3-2-4-6-19/h2-12,17-18H,13-16H2,1H3. The Morgan fingerprint density at radius 3 is 2.32 bits per heavy atom.